The van der Waals surface area contributed by atoms with E-state index in [4.69, 9.17) is 9.47 Å². The Morgan fingerprint density at radius 1 is 1.14 bits per heavy atom. The minimum Gasteiger partial charge on any atom is -0.497 e. The van der Waals surface area contributed by atoms with Gasteiger partial charge in [-0.05, 0) is 12.1 Å². The summed E-state index contributed by atoms with van der Waals surface area (Å²) in [6, 6.07) is 5.03. The Morgan fingerprint density at radius 3 is 2.38 bits per heavy atom. The van der Waals surface area contributed by atoms with Crippen LogP contribution in [0.3, 0.4) is 0 Å². The molecule has 0 atom stereocenters. The first kappa shape index (κ1) is 16.4. The number of amides is 1. The van der Waals surface area contributed by atoms with Crippen LogP contribution in [0.25, 0.3) is 0 Å². The Labute approximate surface area is 122 Å². The molecule has 0 aliphatic heterocycles. The highest BCUT2D eigenvalue weighted by Gasteiger charge is 2.13. The van der Waals surface area contributed by atoms with Gasteiger partial charge in [0.25, 0.3) is 5.91 Å². The molecular formula is C14H18N2O5. The van der Waals surface area contributed by atoms with Gasteiger partial charge in [0.2, 0.25) is 0 Å². The molecule has 1 amide bonds. The van der Waals surface area contributed by atoms with Gasteiger partial charge in [-0.15, -0.1) is 0 Å². The third kappa shape index (κ3) is 4.41. The largest absolute Gasteiger partial charge is 0.497 e. The molecule has 0 aliphatic rings. The number of carbonyl (C=O) groups excluding carboxylic acids is 2. The van der Waals surface area contributed by atoms with E-state index >= 15 is 0 Å². The second kappa shape index (κ2) is 7.78. The number of hydrogen-bond acceptors (Lipinski definition) is 6. The van der Waals surface area contributed by atoms with Gasteiger partial charge in [0.15, 0.2) is 0 Å². The monoisotopic (exact) mass is 294 g/mol. The molecule has 1 rings (SSSR count). The Bertz CT molecular complexity index is 554. The van der Waals surface area contributed by atoms with E-state index in [1.807, 2.05) is 0 Å². The molecule has 7 nitrogen and oxygen atoms in total. The highest BCUT2D eigenvalue weighted by atomic mass is 16.5. The quantitative estimate of drug-likeness (QED) is 0.599. The normalized spacial score (nSPS) is 10.6. The van der Waals surface area contributed by atoms with E-state index in [-0.39, 0.29) is 5.70 Å². The molecule has 0 bridgehead atoms. The Hall–Kier alpha value is -2.70. The first-order valence-electron chi connectivity index (χ1n) is 6.06. The SMILES string of the molecule is CNC(=O)/C(=C/C(=O)OC)Nc1ccc(OC)cc1OC. The smallest absolute Gasteiger partial charge is 0.332 e. The minimum atomic E-state index is -0.645. The predicted octanol–water partition coefficient (Wildman–Crippen LogP) is 0.919. The van der Waals surface area contributed by atoms with Crippen LogP contribution in [0.15, 0.2) is 30.0 Å². The molecule has 0 unspecified atom stereocenters. The van der Waals surface area contributed by atoms with Crippen molar-refractivity contribution in [2.45, 2.75) is 0 Å². The van der Waals surface area contributed by atoms with Crippen LogP contribution in [-0.2, 0) is 14.3 Å². The van der Waals surface area contributed by atoms with Crippen LogP contribution < -0.4 is 20.1 Å². The zero-order chi connectivity index (χ0) is 15.8. The van der Waals surface area contributed by atoms with E-state index in [1.165, 1.54) is 28.4 Å². The third-order valence-corrected chi connectivity index (χ3v) is 2.61. The van der Waals surface area contributed by atoms with Crippen molar-refractivity contribution in [1.29, 1.82) is 0 Å². The van der Waals surface area contributed by atoms with Gasteiger partial charge in [-0.25, -0.2) is 4.79 Å². The molecule has 0 radical (unpaired) electrons. The van der Waals surface area contributed by atoms with E-state index < -0.39 is 11.9 Å². The summed E-state index contributed by atoms with van der Waals surface area (Å²) in [6.45, 7) is 0. The predicted molar refractivity (Wildman–Crippen MR) is 77.3 cm³/mol. The van der Waals surface area contributed by atoms with Crippen molar-refractivity contribution >= 4 is 17.6 Å². The van der Waals surface area contributed by atoms with Gasteiger partial charge in [-0.3, -0.25) is 4.79 Å². The number of anilines is 1. The molecule has 0 aromatic heterocycles. The van der Waals surface area contributed by atoms with Crippen molar-refractivity contribution < 1.29 is 23.8 Å². The fourth-order valence-corrected chi connectivity index (χ4v) is 1.52. The first-order chi connectivity index (χ1) is 10.0. The fraction of sp³-hybridized carbons (Fsp3) is 0.286. The van der Waals surface area contributed by atoms with Gasteiger partial charge in [-0.2, -0.15) is 0 Å². The number of rotatable bonds is 6. The molecule has 2 N–H and O–H groups in total. The van der Waals surface area contributed by atoms with Crippen LogP contribution in [0.1, 0.15) is 0 Å². The number of likely N-dealkylation sites (N-methyl/N-ethyl adjacent to an activating group) is 1. The number of benzene rings is 1. The van der Waals surface area contributed by atoms with Crippen LogP contribution in [0.5, 0.6) is 11.5 Å². The van der Waals surface area contributed by atoms with Gasteiger partial charge < -0.3 is 24.8 Å². The summed E-state index contributed by atoms with van der Waals surface area (Å²) in [6.07, 6.45) is 1.06. The van der Waals surface area contributed by atoms with Crippen molar-refractivity contribution in [3.63, 3.8) is 0 Å². The van der Waals surface area contributed by atoms with Gasteiger partial charge in [-0.1, -0.05) is 0 Å². The lowest BCUT2D eigenvalue weighted by molar-refractivity contribution is -0.135. The second-order valence-electron chi connectivity index (χ2n) is 3.85. The molecule has 21 heavy (non-hydrogen) atoms. The Morgan fingerprint density at radius 2 is 1.86 bits per heavy atom. The zero-order valence-corrected chi connectivity index (χ0v) is 12.4. The summed E-state index contributed by atoms with van der Waals surface area (Å²) < 4.78 is 14.8. The van der Waals surface area contributed by atoms with Crippen molar-refractivity contribution in [2.75, 3.05) is 33.7 Å². The molecule has 0 spiro atoms. The van der Waals surface area contributed by atoms with Crippen molar-refractivity contribution in [1.82, 2.24) is 5.32 Å². The maximum atomic E-state index is 11.8. The topological polar surface area (TPSA) is 85.9 Å². The van der Waals surface area contributed by atoms with Crippen LogP contribution in [0.2, 0.25) is 0 Å². The molecule has 1 aromatic carbocycles. The molecule has 114 valence electrons. The molecular weight excluding hydrogens is 276 g/mol. The van der Waals surface area contributed by atoms with E-state index in [2.05, 4.69) is 15.4 Å². The van der Waals surface area contributed by atoms with E-state index in [0.29, 0.717) is 17.2 Å². The number of esters is 1. The number of ether oxygens (including phenoxy) is 3. The van der Waals surface area contributed by atoms with Crippen LogP contribution in [0.4, 0.5) is 5.69 Å². The zero-order valence-electron chi connectivity index (χ0n) is 12.4. The summed E-state index contributed by atoms with van der Waals surface area (Å²) in [5, 5.41) is 5.27. The highest BCUT2D eigenvalue weighted by Crippen LogP contribution is 2.29. The summed E-state index contributed by atoms with van der Waals surface area (Å²) in [5.74, 6) is -0.0308. The van der Waals surface area contributed by atoms with Gasteiger partial charge in [0.05, 0.1) is 33.1 Å². The average Bonchev–Trinajstić information content (AvgIpc) is 2.53. The third-order valence-electron chi connectivity index (χ3n) is 2.61. The molecule has 0 saturated heterocycles. The van der Waals surface area contributed by atoms with E-state index in [9.17, 15) is 9.59 Å². The highest BCUT2D eigenvalue weighted by molar-refractivity contribution is 6.01. The standard InChI is InChI=1S/C14H18N2O5/c1-15-14(18)11(8-13(17)21-4)16-10-6-5-9(19-2)7-12(10)20-3/h5-8,16H,1-4H3,(H,15,18)/b11-8-. The first-order valence-corrected chi connectivity index (χ1v) is 6.06. The lowest BCUT2D eigenvalue weighted by atomic mass is 10.2. The molecule has 0 heterocycles. The molecule has 0 saturated carbocycles. The van der Waals surface area contributed by atoms with E-state index in [0.717, 1.165) is 6.08 Å². The summed E-state index contributed by atoms with van der Waals surface area (Å²) in [5.41, 5.74) is 0.546. The molecule has 7 heteroatoms. The maximum Gasteiger partial charge on any atom is 0.332 e. The molecule has 0 fully saturated rings. The molecule has 1 aromatic rings. The van der Waals surface area contributed by atoms with Crippen LogP contribution in [-0.4, -0.2) is 40.3 Å². The lowest BCUT2D eigenvalue weighted by Crippen LogP contribution is -2.25. The Balaban J connectivity index is 3.11. The van der Waals surface area contributed by atoms with Crippen molar-refractivity contribution in [3.8, 4) is 11.5 Å². The molecule has 0 aliphatic carbocycles. The number of carbonyl (C=O) groups is 2. The Kier molecular flexibility index (Phi) is 6.06. The number of hydrogen-bond donors (Lipinski definition) is 2. The summed E-state index contributed by atoms with van der Waals surface area (Å²) in [7, 11) is 5.72. The second-order valence-corrected chi connectivity index (χ2v) is 3.85. The summed E-state index contributed by atoms with van der Waals surface area (Å²) in [4.78, 5) is 23.1. The number of nitrogens with one attached hydrogen (secondary N) is 2. The lowest BCUT2D eigenvalue weighted by Gasteiger charge is -2.14. The van der Waals surface area contributed by atoms with Gasteiger partial charge >= 0.3 is 5.97 Å². The fourth-order valence-electron chi connectivity index (χ4n) is 1.52. The summed E-state index contributed by atoms with van der Waals surface area (Å²) >= 11 is 0. The van der Waals surface area contributed by atoms with Crippen LogP contribution >= 0.6 is 0 Å². The van der Waals surface area contributed by atoms with Crippen molar-refractivity contribution in [2.24, 2.45) is 0 Å². The van der Waals surface area contributed by atoms with Crippen LogP contribution in [0, 0.1) is 0 Å². The van der Waals surface area contributed by atoms with E-state index in [1.54, 1.807) is 18.2 Å². The average molecular weight is 294 g/mol. The minimum absolute atomic E-state index is 0.0350. The van der Waals surface area contributed by atoms with Gasteiger partial charge in [0, 0.05) is 13.1 Å². The van der Waals surface area contributed by atoms with Crippen molar-refractivity contribution in [3.05, 3.63) is 30.0 Å². The van der Waals surface area contributed by atoms with Gasteiger partial charge in [0.1, 0.15) is 17.2 Å². The maximum absolute atomic E-state index is 11.8. The number of methoxy groups -OCH3 is 3.